The Labute approximate surface area is 126 Å². The molecule has 6 nitrogen and oxygen atoms in total. The summed E-state index contributed by atoms with van der Waals surface area (Å²) < 4.78 is 10.5. The summed E-state index contributed by atoms with van der Waals surface area (Å²) in [7, 11) is 3.13. The number of carbonyl (C=O) groups is 1. The van der Waals surface area contributed by atoms with Gasteiger partial charge in [-0.3, -0.25) is 5.10 Å². The summed E-state index contributed by atoms with van der Waals surface area (Å²) in [6, 6.07) is 10.3. The highest BCUT2D eigenvalue weighted by Crippen LogP contribution is 2.34. The van der Waals surface area contributed by atoms with E-state index in [1.165, 1.54) is 0 Å². The van der Waals surface area contributed by atoms with Crippen molar-refractivity contribution in [1.29, 1.82) is 0 Å². The second-order valence-electron chi connectivity index (χ2n) is 4.71. The van der Waals surface area contributed by atoms with Crippen LogP contribution in [0.25, 0.3) is 22.2 Å². The number of aromatic carboxylic acids is 1. The molecule has 3 aromatic rings. The van der Waals surface area contributed by atoms with Gasteiger partial charge < -0.3 is 14.6 Å². The molecule has 1 aromatic heterocycles. The Morgan fingerprint density at radius 3 is 2.55 bits per heavy atom. The lowest BCUT2D eigenvalue weighted by molar-refractivity contribution is 0.0697. The number of carboxylic acids is 1. The molecule has 0 aliphatic heterocycles. The third kappa shape index (κ3) is 2.24. The number of H-pyrrole nitrogens is 1. The first kappa shape index (κ1) is 13.9. The third-order valence-corrected chi connectivity index (χ3v) is 3.47. The Morgan fingerprint density at radius 2 is 1.86 bits per heavy atom. The molecule has 0 atom stereocenters. The summed E-state index contributed by atoms with van der Waals surface area (Å²) in [6.45, 7) is 0. The molecule has 6 heteroatoms. The minimum atomic E-state index is -0.971. The lowest BCUT2D eigenvalue weighted by Gasteiger charge is -2.08. The fourth-order valence-electron chi connectivity index (χ4n) is 2.35. The van der Waals surface area contributed by atoms with Crippen molar-refractivity contribution in [3.05, 3.63) is 42.0 Å². The van der Waals surface area contributed by atoms with Crippen molar-refractivity contribution in [2.45, 2.75) is 0 Å². The van der Waals surface area contributed by atoms with Crippen LogP contribution in [0.5, 0.6) is 11.5 Å². The van der Waals surface area contributed by atoms with E-state index in [0.29, 0.717) is 17.2 Å². The highest BCUT2D eigenvalue weighted by molar-refractivity contribution is 5.99. The van der Waals surface area contributed by atoms with E-state index in [2.05, 4.69) is 10.2 Å². The molecule has 0 spiro atoms. The maximum Gasteiger partial charge on any atom is 0.335 e. The van der Waals surface area contributed by atoms with Gasteiger partial charge in [0.05, 0.1) is 25.3 Å². The zero-order chi connectivity index (χ0) is 15.7. The minimum absolute atomic E-state index is 0.218. The number of aromatic amines is 1. The van der Waals surface area contributed by atoms with Crippen LogP contribution in [-0.4, -0.2) is 35.5 Å². The Kier molecular flexibility index (Phi) is 3.42. The van der Waals surface area contributed by atoms with Crippen molar-refractivity contribution in [2.24, 2.45) is 0 Å². The Morgan fingerprint density at radius 1 is 1.09 bits per heavy atom. The number of ether oxygens (including phenoxy) is 2. The first-order chi connectivity index (χ1) is 10.6. The summed E-state index contributed by atoms with van der Waals surface area (Å²) in [5, 5.41) is 17.1. The molecule has 112 valence electrons. The maximum atomic E-state index is 11.1. The molecular weight excluding hydrogens is 284 g/mol. The summed E-state index contributed by atoms with van der Waals surface area (Å²) >= 11 is 0. The predicted octanol–water partition coefficient (Wildman–Crippen LogP) is 2.95. The Bertz CT molecular complexity index is 854. The highest BCUT2D eigenvalue weighted by atomic mass is 16.5. The summed E-state index contributed by atoms with van der Waals surface area (Å²) in [5.41, 5.74) is 2.47. The first-order valence-electron chi connectivity index (χ1n) is 6.58. The second-order valence-corrected chi connectivity index (χ2v) is 4.71. The number of hydrogen-bond acceptors (Lipinski definition) is 4. The van der Waals surface area contributed by atoms with Crippen LogP contribution in [-0.2, 0) is 0 Å². The fraction of sp³-hybridized carbons (Fsp3) is 0.125. The number of methoxy groups -OCH3 is 2. The van der Waals surface area contributed by atoms with Crippen molar-refractivity contribution in [3.63, 3.8) is 0 Å². The normalized spacial score (nSPS) is 10.6. The number of aromatic nitrogens is 2. The molecule has 0 aliphatic carbocycles. The molecule has 22 heavy (non-hydrogen) atoms. The quantitative estimate of drug-likeness (QED) is 0.773. The molecule has 0 saturated carbocycles. The maximum absolute atomic E-state index is 11.1. The van der Waals surface area contributed by atoms with Crippen molar-refractivity contribution >= 4 is 16.9 Å². The molecule has 2 N–H and O–H groups in total. The molecule has 0 fully saturated rings. The van der Waals surface area contributed by atoms with Gasteiger partial charge in [-0.1, -0.05) is 0 Å². The second kappa shape index (κ2) is 5.40. The number of nitrogens with one attached hydrogen (secondary N) is 1. The average Bonchev–Trinajstić information content (AvgIpc) is 2.97. The zero-order valence-electron chi connectivity index (χ0n) is 12.1. The van der Waals surface area contributed by atoms with Gasteiger partial charge in [-0.2, -0.15) is 5.10 Å². The molecule has 0 saturated heterocycles. The van der Waals surface area contributed by atoms with Crippen LogP contribution in [0, 0.1) is 0 Å². The van der Waals surface area contributed by atoms with E-state index in [-0.39, 0.29) is 5.56 Å². The number of fused-ring (bicyclic) bond motifs is 1. The number of carboxylic acid groups (broad SMARTS) is 1. The topological polar surface area (TPSA) is 84.4 Å². The van der Waals surface area contributed by atoms with Crippen LogP contribution in [0.4, 0.5) is 0 Å². The molecule has 3 rings (SSSR count). The van der Waals surface area contributed by atoms with Gasteiger partial charge >= 0.3 is 5.97 Å². The van der Waals surface area contributed by atoms with Gasteiger partial charge in [-0.05, 0) is 36.4 Å². The van der Waals surface area contributed by atoms with E-state index in [0.717, 1.165) is 16.5 Å². The molecule has 0 aliphatic rings. The van der Waals surface area contributed by atoms with Crippen molar-refractivity contribution in [3.8, 4) is 22.8 Å². The van der Waals surface area contributed by atoms with Crippen molar-refractivity contribution < 1.29 is 19.4 Å². The number of hydrogen-bond donors (Lipinski definition) is 2. The molecule has 0 bridgehead atoms. The van der Waals surface area contributed by atoms with Crippen LogP contribution in [0.15, 0.2) is 36.4 Å². The first-order valence-corrected chi connectivity index (χ1v) is 6.58. The van der Waals surface area contributed by atoms with Crippen molar-refractivity contribution in [2.75, 3.05) is 14.2 Å². The predicted molar refractivity (Wildman–Crippen MR) is 81.6 cm³/mol. The van der Waals surface area contributed by atoms with Gasteiger partial charge in [0.2, 0.25) is 0 Å². The minimum Gasteiger partial charge on any atom is -0.493 e. The van der Waals surface area contributed by atoms with Gasteiger partial charge in [0.15, 0.2) is 11.5 Å². The molecule has 0 radical (unpaired) electrons. The standard InChI is InChI=1S/C16H14N2O4/c1-21-13-6-4-9(8-14(13)22-2)15-11-7-10(16(19)20)3-5-12(11)17-18-15/h3-8H,1-2H3,(H,17,18)(H,19,20). The number of nitrogens with zero attached hydrogens (tertiary/aromatic N) is 1. The van der Waals surface area contributed by atoms with Crippen molar-refractivity contribution in [1.82, 2.24) is 10.2 Å². The van der Waals surface area contributed by atoms with Crippen LogP contribution in [0.3, 0.4) is 0 Å². The van der Waals surface area contributed by atoms with Gasteiger partial charge in [-0.25, -0.2) is 4.79 Å². The van der Waals surface area contributed by atoms with E-state index in [9.17, 15) is 4.79 Å². The molecule has 0 amide bonds. The van der Waals surface area contributed by atoms with Crippen LogP contribution in [0.2, 0.25) is 0 Å². The lowest BCUT2D eigenvalue weighted by atomic mass is 10.1. The average molecular weight is 298 g/mol. The fourth-order valence-corrected chi connectivity index (χ4v) is 2.35. The van der Waals surface area contributed by atoms with E-state index < -0.39 is 5.97 Å². The highest BCUT2D eigenvalue weighted by Gasteiger charge is 2.13. The van der Waals surface area contributed by atoms with Gasteiger partial charge in [0.1, 0.15) is 5.69 Å². The van der Waals surface area contributed by atoms with Crippen LogP contribution in [0.1, 0.15) is 10.4 Å². The van der Waals surface area contributed by atoms with E-state index >= 15 is 0 Å². The summed E-state index contributed by atoms with van der Waals surface area (Å²) in [6.07, 6.45) is 0. The smallest absolute Gasteiger partial charge is 0.335 e. The van der Waals surface area contributed by atoms with Gasteiger partial charge in [0, 0.05) is 10.9 Å². The van der Waals surface area contributed by atoms with E-state index in [1.54, 1.807) is 38.5 Å². The van der Waals surface area contributed by atoms with Gasteiger partial charge in [-0.15, -0.1) is 0 Å². The Balaban J connectivity index is 2.17. The zero-order valence-corrected chi connectivity index (χ0v) is 12.1. The molecule has 0 unspecified atom stereocenters. The largest absolute Gasteiger partial charge is 0.493 e. The lowest BCUT2D eigenvalue weighted by Crippen LogP contribution is -1.95. The molecule has 1 heterocycles. The SMILES string of the molecule is COc1ccc(-c2n[nH]c3ccc(C(=O)O)cc23)cc1OC. The Hall–Kier alpha value is -3.02. The van der Waals surface area contributed by atoms with E-state index in [1.807, 2.05) is 12.1 Å². The summed E-state index contributed by atoms with van der Waals surface area (Å²) in [4.78, 5) is 11.1. The molecular formula is C16H14N2O4. The number of rotatable bonds is 4. The third-order valence-electron chi connectivity index (χ3n) is 3.47. The molecule has 2 aromatic carbocycles. The van der Waals surface area contributed by atoms with Crippen LogP contribution >= 0.6 is 0 Å². The monoisotopic (exact) mass is 298 g/mol. The van der Waals surface area contributed by atoms with Gasteiger partial charge in [0.25, 0.3) is 0 Å². The number of benzene rings is 2. The van der Waals surface area contributed by atoms with Crippen LogP contribution < -0.4 is 9.47 Å². The van der Waals surface area contributed by atoms with E-state index in [4.69, 9.17) is 14.6 Å². The summed E-state index contributed by atoms with van der Waals surface area (Å²) in [5.74, 6) is 0.240.